The van der Waals surface area contributed by atoms with Gasteiger partial charge in [0.25, 0.3) is 0 Å². The fraction of sp³-hybridized carbons (Fsp3) is 0.938. The van der Waals surface area contributed by atoms with Crippen LogP contribution >= 0.6 is 0 Å². The van der Waals surface area contributed by atoms with Gasteiger partial charge < -0.3 is 14.6 Å². The van der Waals surface area contributed by atoms with Crippen LogP contribution in [0.15, 0.2) is 0 Å². The van der Waals surface area contributed by atoms with Crippen LogP contribution in [0.4, 0.5) is 0 Å². The molecule has 1 fully saturated rings. The van der Waals surface area contributed by atoms with Gasteiger partial charge in [-0.3, -0.25) is 4.79 Å². The van der Waals surface area contributed by atoms with Crippen molar-refractivity contribution in [2.45, 2.75) is 83.3 Å². The van der Waals surface area contributed by atoms with Crippen LogP contribution in [0.1, 0.15) is 71.1 Å². The standard InChI is InChI=1S/C16H30O4/c1-2-3-4-5-6-9-14-15(20-14)10-7-8-11-16(18)19-13-12-17/h14-15,17H,2-13H2,1H3. The van der Waals surface area contributed by atoms with E-state index in [1.165, 1.54) is 38.5 Å². The maximum atomic E-state index is 11.2. The third kappa shape index (κ3) is 8.54. The van der Waals surface area contributed by atoms with Crippen molar-refractivity contribution >= 4 is 5.97 Å². The number of carbonyl (C=O) groups is 1. The molecular formula is C16H30O4. The summed E-state index contributed by atoms with van der Waals surface area (Å²) in [6, 6.07) is 0. The molecular weight excluding hydrogens is 256 g/mol. The molecule has 118 valence electrons. The largest absolute Gasteiger partial charge is 0.463 e. The average Bonchev–Trinajstić information content (AvgIpc) is 3.19. The molecule has 1 N–H and O–H groups in total. The highest BCUT2D eigenvalue weighted by Crippen LogP contribution is 2.31. The molecule has 2 unspecified atom stereocenters. The number of aliphatic hydroxyl groups excluding tert-OH is 1. The summed E-state index contributed by atoms with van der Waals surface area (Å²) in [6.45, 7) is 2.26. The van der Waals surface area contributed by atoms with E-state index >= 15 is 0 Å². The smallest absolute Gasteiger partial charge is 0.305 e. The SMILES string of the molecule is CCCCCCCC1OC1CCCCC(=O)OCCO. The number of epoxide rings is 1. The van der Waals surface area contributed by atoms with Crippen LogP contribution < -0.4 is 0 Å². The Bertz CT molecular complexity index is 255. The first kappa shape index (κ1) is 17.4. The van der Waals surface area contributed by atoms with Crippen LogP contribution in [0.2, 0.25) is 0 Å². The molecule has 1 saturated heterocycles. The number of hydrogen-bond donors (Lipinski definition) is 1. The van der Waals surface area contributed by atoms with E-state index in [1.807, 2.05) is 0 Å². The number of esters is 1. The Labute approximate surface area is 122 Å². The normalized spacial score (nSPS) is 20.9. The van der Waals surface area contributed by atoms with E-state index in [0.29, 0.717) is 18.6 Å². The van der Waals surface area contributed by atoms with Gasteiger partial charge in [0.1, 0.15) is 6.61 Å². The van der Waals surface area contributed by atoms with Crippen LogP contribution in [0.5, 0.6) is 0 Å². The summed E-state index contributed by atoms with van der Waals surface area (Å²) in [5.74, 6) is -0.205. The summed E-state index contributed by atoms with van der Waals surface area (Å²) in [5, 5.41) is 8.52. The number of aliphatic hydroxyl groups is 1. The third-order valence-corrected chi connectivity index (χ3v) is 3.75. The third-order valence-electron chi connectivity index (χ3n) is 3.75. The van der Waals surface area contributed by atoms with Crippen LogP contribution in [-0.4, -0.2) is 36.5 Å². The summed E-state index contributed by atoms with van der Waals surface area (Å²) in [6.07, 6.45) is 12.1. The first-order chi connectivity index (χ1) is 9.77. The molecule has 0 aromatic rings. The number of hydrogen-bond acceptors (Lipinski definition) is 4. The summed E-state index contributed by atoms with van der Waals surface area (Å²) in [4.78, 5) is 11.2. The summed E-state index contributed by atoms with van der Waals surface area (Å²) in [7, 11) is 0. The molecule has 0 aliphatic carbocycles. The molecule has 0 aromatic carbocycles. The van der Waals surface area contributed by atoms with Crippen LogP contribution in [0, 0.1) is 0 Å². The lowest BCUT2D eigenvalue weighted by molar-refractivity contribution is -0.144. The van der Waals surface area contributed by atoms with Crippen LogP contribution in [0.25, 0.3) is 0 Å². The molecule has 4 heteroatoms. The summed E-state index contributed by atoms with van der Waals surface area (Å²) in [5.41, 5.74) is 0. The van der Waals surface area contributed by atoms with Crippen molar-refractivity contribution in [3.63, 3.8) is 0 Å². The van der Waals surface area contributed by atoms with E-state index in [2.05, 4.69) is 6.92 Å². The Morgan fingerprint density at radius 2 is 1.70 bits per heavy atom. The Kier molecular flexibility index (Phi) is 9.67. The van der Waals surface area contributed by atoms with Crippen molar-refractivity contribution in [2.75, 3.05) is 13.2 Å². The van der Waals surface area contributed by atoms with Gasteiger partial charge in [0.15, 0.2) is 0 Å². The fourth-order valence-corrected chi connectivity index (χ4v) is 2.48. The second-order valence-corrected chi connectivity index (χ2v) is 5.61. The van der Waals surface area contributed by atoms with E-state index in [4.69, 9.17) is 14.6 Å². The maximum absolute atomic E-state index is 11.2. The minimum Gasteiger partial charge on any atom is -0.463 e. The topological polar surface area (TPSA) is 59.1 Å². The second-order valence-electron chi connectivity index (χ2n) is 5.61. The van der Waals surface area contributed by atoms with E-state index in [1.54, 1.807) is 0 Å². The minimum atomic E-state index is -0.205. The average molecular weight is 286 g/mol. The molecule has 0 bridgehead atoms. The Morgan fingerprint density at radius 1 is 1.05 bits per heavy atom. The number of carbonyl (C=O) groups excluding carboxylic acids is 1. The van der Waals surface area contributed by atoms with Gasteiger partial charge in [-0.1, -0.05) is 45.4 Å². The highest BCUT2D eigenvalue weighted by molar-refractivity contribution is 5.69. The molecule has 4 nitrogen and oxygen atoms in total. The quantitative estimate of drug-likeness (QED) is 0.321. The molecule has 1 heterocycles. The molecule has 0 amide bonds. The van der Waals surface area contributed by atoms with Gasteiger partial charge >= 0.3 is 5.97 Å². The number of unbranched alkanes of at least 4 members (excludes halogenated alkanes) is 5. The molecule has 0 saturated carbocycles. The van der Waals surface area contributed by atoms with Crippen molar-refractivity contribution in [3.8, 4) is 0 Å². The zero-order chi connectivity index (χ0) is 14.6. The molecule has 0 spiro atoms. The fourth-order valence-electron chi connectivity index (χ4n) is 2.48. The van der Waals surface area contributed by atoms with Crippen LogP contribution in [0.3, 0.4) is 0 Å². The molecule has 2 atom stereocenters. The first-order valence-electron chi connectivity index (χ1n) is 8.20. The molecule has 1 aliphatic rings. The second kappa shape index (κ2) is 11.1. The summed E-state index contributed by atoms with van der Waals surface area (Å²) >= 11 is 0. The van der Waals surface area contributed by atoms with E-state index in [0.717, 1.165) is 19.3 Å². The van der Waals surface area contributed by atoms with Gasteiger partial charge in [-0.25, -0.2) is 0 Å². The zero-order valence-electron chi connectivity index (χ0n) is 12.8. The number of ether oxygens (including phenoxy) is 2. The lowest BCUT2D eigenvalue weighted by Gasteiger charge is -2.02. The van der Waals surface area contributed by atoms with Crippen molar-refractivity contribution in [1.82, 2.24) is 0 Å². The van der Waals surface area contributed by atoms with E-state index in [9.17, 15) is 4.79 Å². The van der Waals surface area contributed by atoms with E-state index < -0.39 is 0 Å². The van der Waals surface area contributed by atoms with Gasteiger partial charge in [-0.05, 0) is 19.3 Å². The van der Waals surface area contributed by atoms with E-state index in [-0.39, 0.29) is 19.2 Å². The van der Waals surface area contributed by atoms with Crippen LogP contribution in [-0.2, 0) is 14.3 Å². The lowest BCUT2D eigenvalue weighted by atomic mass is 10.1. The van der Waals surface area contributed by atoms with Gasteiger partial charge in [0.2, 0.25) is 0 Å². The molecule has 0 radical (unpaired) electrons. The van der Waals surface area contributed by atoms with Crippen molar-refractivity contribution in [3.05, 3.63) is 0 Å². The van der Waals surface area contributed by atoms with Gasteiger partial charge in [0, 0.05) is 6.42 Å². The first-order valence-corrected chi connectivity index (χ1v) is 8.20. The highest BCUT2D eigenvalue weighted by atomic mass is 16.6. The maximum Gasteiger partial charge on any atom is 0.305 e. The highest BCUT2D eigenvalue weighted by Gasteiger charge is 2.36. The van der Waals surface area contributed by atoms with Crippen molar-refractivity contribution < 1.29 is 19.4 Å². The predicted molar refractivity (Wildman–Crippen MR) is 78.5 cm³/mol. The van der Waals surface area contributed by atoms with Crippen molar-refractivity contribution in [2.24, 2.45) is 0 Å². The van der Waals surface area contributed by atoms with Crippen molar-refractivity contribution in [1.29, 1.82) is 0 Å². The Hall–Kier alpha value is -0.610. The summed E-state index contributed by atoms with van der Waals surface area (Å²) < 4.78 is 10.4. The van der Waals surface area contributed by atoms with Gasteiger partial charge in [0.05, 0.1) is 18.8 Å². The molecule has 1 aliphatic heterocycles. The zero-order valence-corrected chi connectivity index (χ0v) is 12.8. The van der Waals surface area contributed by atoms with Gasteiger partial charge in [-0.2, -0.15) is 0 Å². The predicted octanol–water partition coefficient (Wildman–Crippen LogP) is 3.21. The Morgan fingerprint density at radius 3 is 2.35 bits per heavy atom. The minimum absolute atomic E-state index is 0.0956. The molecule has 20 heavy (non-hydrogen) atoms. The molecule has 1 rings (SSSR count). The number of rotatable bonds is 13. The Balaban J connectivity index is 1.84. The van der Waals surface area contributed by atoms with Gasteiger partial charge in [-0.15, -0.1) is 0 Å². The monoisotopic (exact) mass is 286 g/mol. The lowest BCUT2D eigenvalue weighted by Crippen LogP contribution is -2.08. The molecule has 0 aromatic heterocycles.